The van der Waals surface area contributed by atoms with Crippen LogP contribution in [0, 0.1) is 0 Å². The molecule has 1 saturated heterocycles. The van der Waals surface area contributed by atoms with Crippen LogP contribution in [-0.4, -0.2) is 46.8 Å². The van der Waals surface area contributed by atoms with E-state index in [1.54, 1.807) is 17.9 Å². The van der Waals surface area contributed by atoms with Crippen molar-refractivity contribution >= 4 is 17.6 Å². The summed E-state index contributed by atoms with van der Waals surface area (Å²) in [6, 6.07) is 9.00. The first-order valence-electron chi connectivity index (χ1n) is 7.55. The minimum atomic E-state index is -0.370. The van der Waals surface area contributed by atoms with E-state index in [0.717, 1.165) is 5.56 Å². The molecule has 1 aliphatic rings. The van der Waals surface area contributed by atoms with Gasteiger partial charge in [-0.25, -0.2) is 4.79 Å². The van der Waals surface area contributed by atoms with Crippen LogP contribution in [0.15, 0.2) is 36.5 Å². The van der Waals surface area contributed by atoms with E-state index >= 15 is 0 Å². The Labute approximate surface area is 139 Å². The van der Waals surface area contributed by atoms with E-state index < -0.39 is 0 Å². The van der Waals surface area contributed by atoms with Gasteiger partial charge in [-0.05, 0) is 5.56 Å². The van der Waals surface area contributed by atoms with Crippen molar-refractivity contribution in [3.8, 4) is 5.88 Å². The number of urea groups is 1. The monoisotopic (exact) mass is 329 g/mol. The van der Waals surface area contributed by atoms with Crippen molar-refractivity contribution in [2.45, 2.75) is 6.04 Å². The van der Waals surface area contributed by atoms with Crippen LogP contribution in [0.2, 0.25) is 0 Å². The molecular formula is C16H19N5O3. The number of ether oxygens (including phenoxy) is 1. The number of benzene rings is 1. The third-order valence-electron chi connectivity index (χ3n) is 3.86. The first kappa shape index (κ1) is 15.9. The number of hydrogen-bond acceptors (Lipinski definition) is 4. The molecule has 2 N–H and O–H groups in total. The summed E-state index contributed by atoms with van der Waals surface area (Å²) < 4.78 is 6.69. The van der Waals surface area contributed by atoms with Gasteiger partial charge in [-0.1, -0.05) is 30.3 Å². The molecule has 2 aromatic rings. The van der Waals surface area contributed by atoms with E-state index in [1.165, 1.54) is 12.0 Å². The minimum absolute atomic E-state index is 0.00598. The Morgan fingerprint density at radius 3 is 2.83 bits per heavy atom. The Balaban J connectivity index is 1.83. The van der Waals surface area contributed by atoms with Crippen molar-refractivity contribution in [1.82, 2.24) is 20.0 Å². The molecule has 0 bridgehead atoms. The Kier molecular flexibility index (Phi) is 4.37. The summed E-state index contributed by atoms with van der Waals surface area (Å²) in [5.41, 5.74) is 1.42. The lowest BCUT2D eigenvalue weighted by Crippen LogP contribution is -2.53. The van der Waals surface area contributed by atoms with E-state index in [9.17, 15) is 9.59 Å². The maximum absolute atomic E-state index is 12.7. The lowest BCUT2D eigenvalue weighted by molar-refractivity contribution is -0.124. The number of piperazine rings is 1. The van der Waals surface area contributed by atoms with Crippen LogP contribution in [0.25, 0.3) is 0 Å². The van der Waals surface area contributed by atoms with Crippen LogP contribution < -0.4 is 15.4 Å². The van der Waals surface area contributed by atoms with Gasteiger partial charge >= 0.3 is 6.03 Å². The highest BCUT2D eigenvalue weighted by atomic mass is 16.5. The molecular weight excluding hydrogens is 310 g/mol. The first-order chi connectivity index (χ1) is 11.6. The fourth-order valence-electron chi connectivity index (χ4n) is 2.72. The summed E-state index contributed by atoms with van der Waals surface area (Å²) in [7, 11) is 3.22. The van der Waals surface area contributed by atoms with Gasteiger partial charge in [-0.2, -0.15) is 0 Å². The van der Waals surface area contributed by atoms with Gasteiger partial charge in [-0.3, -0.25) is 9.48 Å². The molecule has 8 nitrogen and oxygen atoms in total. The first-order valence-corrected chi connectivity index (χ1v) is 7.55. The maximum atomic E-state index is 12.7. The largest absolute Gasteiger partial charge is 0.478 e. The zero-order chi connectivity index (χ0) is 17.1. The zero-order valence-electron chi connectivity index (χ0n) is 13.5. The van der Waals surface area contributed by atoms with Crippen LogP contribution in [0.5, 0.6) is 5.88 Å². The summed E-state index contributed by atoms with van der Waals surface area (Å²) in [5.74, 6) is 0.138. The zero-order valence-corrected chi connectivity index (χ0v) is 13.5. The number of nitrogens with one attached hydrogen (secondary N) is 2. The molecule has 1 atom stereocenters. The van der Waals surface area contributed by atoms with Crippen molar-refractivity contribution < 1.29 is 14.3 Å². The number of anilines is 1. The number of hydrogen-bond donors (Lipinski definition) is 2. The molecule has 24 heavy (non-hydrogen) atoms. The molecule has 3 rings (SSSR count). The van der Waals surface area contributed by atoms with Gasteiger partial charge in [0.1, 0.15) is 12.2 Å². The molecule has 0 radical (unpaired) electrons. The second kappa shape index (κ2) is 6.61. The van der Waals surface area contributed by atoms with Crippen LogP contribution in [-0.2, 0) is 11.8 Å². The summed E-state index contributed by atoms with van der Waals surface area (Å²) in [4.78, 5) is 26.0. The third-order valence-corrected chi connectivity index (χ3v) is 3.86. The van der Waals surface area contributed by atoms with Crippen LogP contribution in [0.4, 0.5) is 10.5 Å². The molecule has 1 aromatic carbocycles. The average molecular weight is 329 g/mol. The lowest BCUT2D eigenvalue weighted by atomic mass is 10.0. The summed E-state index contributed by atoms with van der Waals surface area (Å²) in [6.45, 7) is 0.369. The second-order valence-corrected chi connectivity index (χ2v) is 5.51. The van der Waals surface area contributed by atoms with Crippen molar-refractivity contribution in [3.05, 3.63) is 42.1 Å². The fraction of sp³-hybridized carbons (Fsp3) is 0.312. The van der Waals surface area contributed by atoms with Crippen LogP contribution in [0.3, 0.4) is 0 Å². The molecule has 126 valence electrons. The molecule has 1 aliphatic heterocycles. The van der Waals surface area contributed by atoms with E-state index in [4.69, 9.17) is 4.74 Å². The van der Waals surface area contributed by atoms with E-state index in [-0.39, 0.29) is 24.5 Å². The van der Waals surface area contributed by atoms with Crippen molar-refractivity contribution in [3.63, 3.8) is 0 Å². The highest BCUT2D eigenvalue weighted by molar-refractivity contribution is 5.94. The molecule has 1 unspecified atom stereocenters. The van der Waals surface area contributed by atoms with E-state index in [1.807, 2.05) is 30.3 Å². The van der Waals surface area contributed by atoms with Gasteiger partial charge in [0, 0.05) is 13.6 Å². The number of nitrogens with zero attached hydrogens (tertiary/aromatic N) is 3. The predicted octanol–water partition coefficient (Wildman–Crippen LogP) is 1.13. The minimum Gasteiger partial charge on any atom is -0.478 e. The van der Waals surface area contributed by atoms with Crippen molar-refractivity contribution in [1.29, 1.82) is 0 Å². The molecule has 0 aliphatic carbocycles. The van der Waals surface area contributed by atoms with Crippen molar-refractivity contribution in [2.24, 2.45) is 7.05 Å². The number of aromatic nitrogens is 2. The predicted molar refractivity (Wildman–Crippen MR) is 87.7 cm³/mol. The maximum Gasteiger partial charge on any atom is 0.323 e. The van der Waals surface area contributed by atoms with Crippen LogP contribution in [0.1, 0.15) is 11.6 Å². The Bertz CT molecular complexity index is 743. The smallest absolute Gasteiger partial charge is 0.323 e. The molecule has 8 heteroatoms. The number of amides is 3. The Morgan fingerprint density at radius 2 is 2.12 bits per heavy atom. The Morgan fingerprint density at radius 1 is 1.38 bits per heavy atom. The molecule has 0 saturated carbocycles. The molecule has 3 amide bonds. The molecule has 1 fully saturated rings. The quantitative estimate of drug-likeness (QED) is 0.884. The fourth-order valence-corrected chi connectivity index (χ4v) is 2.72. The summed E-state index contributed by atoms with van der Waals surface area (Å²) >= 11 is 0. The number of methoxy groups -OCH3 is 1. The van der Waals surface area contributed by atoms with Gasteiger partial charge in [0.25, 0.3) is 5.88 Å². The van der Waals surface area contributed by atoms with E-state index in [0.29, 0.717) is 18.1 Å². The second-order valence-electron chi connectivity index (χ2n) is 5.51. The van der Waals surface area contributed by atoms with Gasteiger partial charge in [0.05, 0.1) is 19.3 Å². The van der Waals surface area contributed by atoms with Gasteiger partial charge in [0.15, 0.2) is 0 Å². The summed E-state index contributed by atoms with van der Waals surface area (Å²) in [5, 5.41) is 9.68. The topological polar surface area (TPSA) is 88.5 Å². The SMILES string of the molecule is COc1nn(C)cc1NC(=O)N1CC(=O)NCC1c1ccccc1. The van der Waals surface area contributed by atoms with Crippen LogP contribution >= 0.6 is 0 Å². The van der Waals surface area contributed by atoms with Crippen molar-refractivity contribution in [2.75, 3.05) is 25.5 Å². The number of carbonyl (C=O) groups excluding carboxylic acids is 2. The van der Waals surface area contributed by atoms with Gasteiger partial charge in [-0.15, -0.1) is 5.10 Å². The highest BCUT2D eigenvalue weighted by Crippen LogP contribution is 2.26. The van der Waals surface area contributed by atoms with E-state index in [2.05, 4.69) is 15.7 Å². The number of carbonyl (C=O) groups is 2. The highest BCUT2D eigenvalue weighted by Gasteiger charge is 2.32. The summed E-state index contributed by atoms with van der Waals surface area (Å²) in [6.07, 6.45) is 1.65. The normalized spacial score (nSPS) is 17.3. The van der Waals surface area contributed by atoms with Gasteiger partial charge in [0.2, 0.25) is 5.91 Å². The molecule has 1 aromatic heterocycles. The standard InChI is InChI=1S/C16H19N5O3/c1-20-9-12(15(19-20)24-2)18-16(23)21-10-14(22)17-8-13(21)11-6-4-3-5-7-11/h3-7,9,13H,8,10H2,1-2H3,(H,17,22)(H,18,23). The lowest BCUT2D eigenvalue weighted by Gasteiger charge is -2.35. The average Bonchev–Trinajstić information content (AvgIpc) is 2.95. The van der Waals surface area contributed by atoms with Gasteiger partial charge < -0.3 is 20.3 Å². The molecule has 2 heterocycles. The molecule has 0 spiro atoms. The number of rotatable bonds is 3. The Hall–Kier alpha value is -3.03. The third kappa shape index (κ3) is 3.17. The number of aryl methyl sites for hydroxylation is 1.